The summed E-state index contributed by atoms with van der Waals surface area (Å²) in [6.45, 7) is 0. The summed E-state index contributed by atoms with van der Waals surface area (Å²) in [4.78, 5) is 18.7. The van der Waals surface area contributed by atoms with Crippen molar-refractivity contribution < 1.29 is 9.90 Å². The predicted molar refractivity (Wildman–Crippen MR) is 73.7 cm³/mol. The number of fused-ring (bicyclic) bond motifs is 1. The molecule has 0 radical (unpaired) electrons. The van der Waals surface area contributed by atoms with Crippen LogP contribution in [0.4, 0.5) is 0 Å². The van der Waals surface area contributed by atoms with Gasteiger partial charge in [-0.25, -0.2) is 14.8 Å². The molecule has 1 N–H and O–H groups in total. The Balaban J connectivity index is 2.30. The number of aryl methyl sites for hydroxylation is 1. The minimum Gasteiger partial charge on any atom is -0.475 e. The number of rotatable bonds is 2. The van der Waals surface area contributed by atoms with Crippen molar-refractivity contribution >= 4 is 28.5 Å². The average molecular weight is 289 g/mol. The topological polar surface area (TPSA) is 80.9 Å². The van der Waals surface area contributed by atoms with E-state index in [4.69, 9.17) is 16.7 Å². The van der Waals surface area contributed by atoms with Crippen LogP contribution < -0.4 is 0 Å². The van der Waals surface area contributed by atoms with Crippen molar-refractivity contribution in [1.82, 2.24) is 19.7 Å². The highest BCUT2D eigenvalue weighted by Gasteiger charge is 2.15. The van der Waals surface area contributed by atoms with Crippen LogP contribution >= 0.6 is 11.6 Å². The first-order valence-electron chi connectivity index (χ1n) is 5.75. The van der Waals surface area contributed by atoms with E-state index < -0.39 is 5.97 Å². The van der Waals surface area contributed by atoms with Gasteiger partial charge in [0, 0.05) is 18.0 Å². The number of carboxylic acid groups (broad SMARTS) is 1. The zero-order valence-electron chi connectivity index (χ0n) is 10.4. The van der Waals surface area contributed by atoms with Gasteiger partial charge in [-0.05, 0) is 6.07 Å². The Labute approximate surface area is 118 Å². The SMILES string of the molecule is Cn1ncc2c(-c3nc(C(=O)O)ncc3Cl)cccc21. The molecule has 2 aromatic heterocycles. The second-order valence-corrected chi connectivity index (χ2v) is 4.61. The Bertz CT molecular complexity index is 828. The summed E-state index contributed by atoms with van der Waals surface area (Å²) < 4.78 is 1.73. The number of hydrogen-bond donors (Lipinski definition) is 1. The number of benzene rings is 1. The Morgan fingerprint density at radius 2 is 2.15 bits per heavy atom. The lowest BCUT2D eigenvalue weighted by atomic mass is 10.1. The lowest BCUT2D eigenvalue weighted by Crippen LogP contribution is -2.05. The van der Waals surface area contributed by atoms with Gasteiger partial charge in [0.2, 0.25) is 5.82 Å². The largest absolute Gasteiger partial charge is 0.475 e. The molecule has 6 nitrogen and oxygen atoms in total. The van der Waals surface area contributed by atoms with Crippen LogP contribution in [0, 0.1) is 0 Å². The van der Waals surface area contributed by atoms with Crippen molar-refractivity contribution in [2.45, 2.75) is 0 Å². The highest BCUT2D eigenvalue weighted by molar-refractivity contribution is 6.33. The van der Waals surface area contributed by atoms with Gasteiger partial charge in [0.1, 0.15) is 0 Å². The van der Waals surface area contributed by atoms with Gasteiger partial charge in [0.05, 0.1) is 28.6 Å². The van der Waals surface area contributed by atoms with Crippen LogP contribution in [0.5, 0.6) is 0 Å². The van der Waals surface area contributed by atoms with Gasteiger partial charge in [-0.1, -0.05) is 23.7 Å². The fraction of sp³-hybridized carbons (Fsp3) is 0.0769. The van der Waals surface area contributed by atoms with Gasteiger partial charge in [-0.15, -0.1) is 0 Å². The quantitative estimate of drug-likeness (QED) is 0.783. The van der Waals surface area contributed by atoms with Crippen LogP contribution in [0.1, 0.15) is 10.6 Å². The molecule has 3 rings (SSSR count). The number of carboxylic acids is 1. The molecule has 0 atom stereocenters. The fourth-order valence-electron chi connectivity index (χ4n) is 2.04. The molecule has 20 heavy (non-hydrogen) atoms. The van der Waals surface area contributed by atoms with Gasteiger partial charge in [-0.2, -0.15) is 5.10 Å². The molecule has 0 aliphatic carbocycles. The monoisotopic (exact) mass is 288 g/mol. The number of hydrogen-bond acceptors (Lipinski definition) is 4. The Morgan fingerprint density at radius 1 is 1.35 bits per heavy atom. The predicted octanol–water partition coefficient (Wildman–Crippen LogP) is 2.38. The maximum absolute atomic E-state index is 11.0. The molecule has 1 aromatic carbocycles. The van der Waals surface area contributed by atoms with Crippen molar-refractivity contribution in [2.24, 2.45) is 7.05 Å². The summed E-state index contributed by atoms with van der Waals surface area (Å²) in [5.74, 6) is -1.48. The number of carbonyl (C=O) groups is 1. The van der Waals surface area contributed by atoms with Crippen LogP contribution in [0.15, 0.2) is 30.6 Å². The number of aromatic carboxylic acids is 1. The van der Waals surface area contributed by atoms with Gasteiger partial charge in [0.25, 0.3) is 0 Å². The van der Waals surface area contributed by atoms with Gasteiger partial charge >= 0.3 is 5.97 Å². The maximum Gasteiger partial charge on any atom is 0.373 e. The molecule has 0 saturated carbocycles. The van der Waals surface area contributed by atoms with Crippen LogP contribution in [0.3, 0.4) is 0 Å². The molecule has 0 spiro atoms. The summed E-state index contributed by atoms with van der Waals surface area (Å²) >= 11 is 6.10. The van der Waals surface area contributed by atoms with E-state index in [0.717, 1.165) is 16.5 Å². The maximum atomic E-state index is 11.0. The van der Waals surface area contributed by atoms with Gasteiger partial charge in [0.15, 0.2) is 0 Å². The van der Waals surface area contributed by atoms with E-state index in [-0.39, 0.29) is 5.82 Å². The van der Waals surface area contributed by atoms with E-state index in [9.17, 15) is 4.79 Å². The zero-order chi connectivity index (χ0) is 14.3. The molecule has 0 aliphatic heterocycles. The molecule has 0 bridgehead atoms. The molecule has 2 heterocycles. The summed E-state index contributed by atoms with van der Waals surface area (Å²) in [7, 11) is 1.83. The minimum atomic E-state index is -1.19. The normalized spacial score (nSPS) is 10.9. The molecule has 0 fully saturated rings. The van der Waals surface area contributed by atoms with Crippen molar-refractivity contribution in [3.8, 4) is 11.3 Å². The van der Waals surface area contributed by atoms with E-state index in [0.29, 0.717) is 10.7 Å². The highest BCUT2D eigenvalue weighted by atomic mass is 35.5. The Kier molecular flexibility index (Phi) is 2.87. The summed E-state index contributed by atoms with van der Waals surface area (Å²) in [6.07, 6.45) is 2.99. The summed E-state index contributed by atoms with van der Waals surface area (Å²) in [5.41, 5.74) is 2.03. The molecule has 3 aromatic rings. The van der Waals surface area contributed by atoms with Crippen LogP contribution in [-0.2, 0) is 7.05 Å². The fourth-order valence-corrected chi connectivity index (χ4v) is 2.24. The third-order valence-electron chi connectivity index (χ3n) is 2.98. The number of aromatic nitrogens is 4. The third-order valence-corrected chi connectivity index (χ3v) is 3.26. The average Bonchev–Trinajstić information content (AvgIpc) is 2.81. The summed E-state index contributed by atoms with van der Waals surface area (Å²) in [6, 6.07) is 5.58. The lowest BCUT2D eigenvalue weighted by molar-refractivity contribution is 0.0683. The first-order chi connectivity index (χ1) is 9.58. The van der Waals surface area contributed by atoms with Gasteiger partial charge < -0.3 is 5.11 Å². The van der Waals surface area contributed by atoms with Crippen molar-refractivity contribution in [3.05, 3.63) is 41.4 Å². The van der Waals surface area contributed by atoms with Crippen molar-refractivity contribution in [1.29, 1.82) is 0 Å². The third kappa shape index (κ3) is 1.90. The second-order valence-electron chi connectivity index (χ2n) is 4.20. The standard InChI is InChI=1S/C13H9ClN4O2/c1-18-10-4-2-3-7(8(10)5-16-18)11-9(14)6-15-12(17-11)13(19)20/h2-6H,1H3,(H,19,20). The van der Waals surface area contributed by atoms with Crippen molar-refractivity contribution in [3.63, 3.8) is 0 Å². The second kappa shape index (κ2) is 4.57. The van der Waals surface area contributed by atoms with Crippen LogP contribution in [0.25, 0.3) is 22.2 Å². The van der Waals surface area contributed by atoms with Gasteiger partial charge in [-0.3, -0.25) is 4.68 Å². The smallest absolute Gasteiger partial charge is 0.373 e. The van der Waals surface area contributed by atoms with E-state index in [1.54, 1.807) is 10.9 Å². The zero-order valence-corrected chi connectivity index (χ0v) is 11.2. The van der Waals surface area contributed by atoms with E-state index in [1.807, 2.05) is 25.2 Å². The first kappa shape index (κ1) is 12.6. The number of nitrogens with zero attached hydrogens (tertiary/aromatic N) is 4. The Hall–Kier alpha value is -2.47. The molecule has 0 aliphatic rings. The van der Waals surface area contributed by atoms with E-state index in [2.05, 4.69) is 15.1 Å². The van der Waals surface area contributed by atoms with Crippen LogP contribution in [-0.4, -0.2) is 30.8 Å². The first-order valence-corrected chi connectivity index (χ1v) is 6.12. The molecule has 7 heteroatoms. The van der Waals surface area contributed by atoms with Crippen LogP contribution in [0.2, 0.25) is 5.02 Å². The van der Waals surface area contributed by atoms with E-state index in [1.165, 1.54) is 6.20 Å². The van der Waals surface area contributed by atoms with E-state index >= 15 is 0 Å². The molecule has 0 saturated heterocycles. The lowest BCUT2D eigenvalue weighted by Gasteiger charge is -2.06. The molecule has 100 valence electrons. The molecule has 0 amide bonds. The molecule has 0 unspecified atom stereocenters. The minimum absolute atomic E-state index is 0.287. The molecular formula is C13H9ClN4O2. The summed E-state index contributed by atoms with van der Waals surface area (Å²) in [5, 5.41) is 14.3. The van der Waals surface area contributed by atoms with Crippen molar-refractivity contribution in [2.75, 3.05) is 0 Å². The Morgan fingerprint density at radius 3 is 2.90 bits per heavy atom. The molecular weight excluding hydrogens is 280 g/mol. The number of halogens is 1. The highest BCUT2D eigenvalue weighted by Crippen LogP contribution is 2.31.